The van der Waals surface area contributed by atoms with Crippen molar-refractivity contribution < 1.29 is 34.2 Å². The van der Waals surface area contributed by atoms with Gasteiger partial charge in [0.15, 0.2) is 5.96 Å². The number of nitrogens with zero attached hydrogens (tertiary/aromatic N) is 1. The van der Waals surface area contributed by atoms with Gasteiger partial charge in [-0.1, -0.05) is 13.8 Å². The van der Waals surface area contributed by atoms with E-state index in [-0.39, 0.29) is 25.3 Å². The van der Waals surface area contributed by atoms with Crippen molar-refractivity contribution in [3.05, 3.63) is 0 Å². The Morgan fingerprint density at radius 1 is 0.775 bits per heavy atom. The molecule has 0 aliphatic carbocycles. The van der Waals surface area contributed by atoms with Crippen LogP contribution in [0.1, 0.15) is 59.8 Å². The number of aliphatic carboxylic acids is 1. The Morgan fingerprint density at radius 2 is 1.38 bits per heavy atom. The van der Waals surface area contributed by atoms with Crippen LogP contribution in [0, 0.1) is 5.92 Å². The summed E-state index contributed by atoms with van der Waals surface area (Å²) in [6.07, 6.45) is 0.532. The molecule has 0 aliphatic rings. The fourth-order valence-electron chi connectivity index (χ4n) is 3.51. The van der Waals surface area contributed by atoms with Crippen LogP contribution in [0.15, 0.2) is 4.99 Å². The van der Waals surface area contributed by atoms with Crippen molar-refractivity contribution in [1.82, 2.24) is 21.3 Å². The first-order chi connectivity index (χ1) is 18.6. The lowest BCUT2D eigenvalue weighted by atomic mass is 10.0. The molecule has 0 radical (unpaired) electrons. The Labute approximate surface area is 234 Å². The zero-order valence-corrected chi connectivity index (χ0v) is 23.7. The van der Waals surface area contributed by atoms with E-state index in [0.717, 1.165) is 0 Å². The SMILES string of the molecule is CC(C)[C@H](NC(=O)[C@H](CCCCN)NC(=O)[C@H](C)NC(=O)[C@@H](NC(=O)[C@@H](N)CCCN=C(N)N)[C@@H](C)O)C(=O)O. The highest BCUT2D eigenvalue weighted by Crippen LogP contribution is 2.07. The Bertz CT molecular complexity index is 879. The number of nitrogens with one attached hydrogen (secondary N) is 4. The summed E-state index contributed by atoms with van der Waals surface area (Å²) in [6, 6.07) is -5.84. The second kappa shape index (κ2) is 18.7. The first kappa shape index (κ1) is 36.5. The number of carbonyl (C=O) groups excluding carboxylic acids is 4. The lowest BCUT2D eigenvalue weighted by Crippen LogP contribution is -2.60. The molecule has 0 spiro atoms. The summed E-state index contributed by atoms with van der Waals surface area (Å²) in [5, 5.41) is 29.2. The number of aliphatic hydroxyl groups is 1. The molecule has 0 bridgehead atoms. The minimum atomic E-state index is -1.42. The first-order valence-corrected chi connectivity index (χ1v) is 13.3. The maximum absolute atomic E-state index is 12.9. The predicted octanol–water partition coefficient (Wildman–Crippen LogP) is -3.42. The summed E-state index contributed by atoms with van der Waals surface area (Å²) in [5.41, 5.74) is 21.9. The van der Waals surface area contributed by atoms with Crippen LogP contribution >= 0.6 is 0 Å². The summed E-state index contributed by atoms with van der Waals surface area (Å²) in [7, 11) is 0. The predicted molar refractivity (Wildman–Crippen MR) is 148 cm³/mol. The average molecular weight is 574 g/mol. The van der Waals surface area contributed by atoms with E-state index in [9.17, 15) is 34.2 Å². The Hall–Kier alpha value is -3.50. The Morgan fingerprint density at radius 3 is 1.88 bits per heavy atom. The van der Waals surface area contributed by atoms with E-state index in [0.29, 0.717) is 25.8 Å². The zero-order chi connectivity index (χ0) is 31.0. The molecule has 40 heavy (non-hydrogen) atoms. The van der Waals surface area contributed by atoms with E-state index >= 15 is 0 Å². The number of hydrogen-bond donors (Lipinski definition) is 10. The second-order valence-corrected chi connectivity index (χ2v) is 9.93. The molecule has 0 saturated carbocycles. The van der Waals surface area contributed by atoms with Crippen LogP contribution in [0.5, 0.6) is 0 Å². The van der Waals surface area contributed by atoms with Crippen LogP contribution in [0.3, 0.4) is 0 Å². The molecule has 0 aromatic heterocycles. The highest BCUT2D eigenvalue weighted by molar-refractivity contribution is 5.95. The van der Waals surface area contributed by atoms with Gasteiger partial charge in [-0.2, -0.15) is 0 Å². The number of carbonyl (C=O) groups is 5. The van der Waals surface area contributed by atoms with Gasteiger partial charge in [0.25, 0.3) is 0 Å². The van der Waals surface area contributed by atoms with E-state index in [1.807, 2.05) is 0 Å². The number of amides is 4. The van der Waals surface area contributed by atoms with Gasteiger partial charge >= 0.3 is 5.97 Å². The van der Waals surface area contributed by atoms with Gasteiger partial charge in [-0.3, -0.25) is 24.2 Å². The van der Waals surface area contributed by atoms with Crippen LogP contribution in [0.2, 0.25) is 0 Å². The standard InChI is InChI=1S/C24H47N9O7/c1-12(2)17(23(39)40)32-21(37)16(9-5-6-10-25)31-19(35)13(3)30-22(38)18(14(4)34)33-20(36)15(26)8-7-11-29-24(27)28/h12-18,34H,5-11,25-26H2,1-4H3,(H,30,38)(H,31,35)(H,32,37)(H,33,36)(H,39,40)(H4,27,28,29)/t13-,14+,15-,16-,17-,18-/m0/s1. The number of aliphatic hydroxyl groups excluding tert-OH is 1. The first-order valence-electron chi connectivity index (χ1n) is 13.3. The molecule has 0 saturated heterocycles. The smallest absolute Gasteiger partial charge is 0.326 e. The molecule has 0 heterocycles. The van der Waals surface area contributed by atoms with Gasteiger partial charge in [0.1, 0.15) is 24.2 Å². The van der Waals surface area contributed by atoms with Gasteiger partial charge in [-0.15, -0.1) is 0 Å². The van der Waals surface area contributed by atoms with Crippen molar-refractivity contribution in [2.75, 3.05) is 13.1 Å². The van der Waals surface area contributed by atoms with E-state index in [1.165, 1.54) is 13.8 Å². The monoisotopic (exact) mass is 573 g/mol. The van der Waals surface area contributed by atoms with E-state index in [4.69, 9.17) is 22.9 Å². The zero-order valence-electron chi connectivity index (χ0n) is 23.7. The third kappa shape index (κ3) is 14.0. The number of hydrogen-bond acceptors (Lipinski definition) is 9. The largest absolute Gasteiger partial charge is 0.480 e. The topological polar surface area (TPSA) is 290 Å². The number of carboxylic acids is 1. The lowest BCUT2D eigenvalue weighted by molar-refractivity contribution is -0.143. The molecule has 0 unspecified atom stereocenters. The molecule has 4 amide bonds. The van der Waals surface area contributed by atoms with Gasteiger partial charge in [0.2, 0.25) is 23.6 Å². The van der Waals surface area contributed by atoms with E-state index < -0.39 is 71.8 Å². The van der Waals surface area contributed by atoms with Crippen molar-refractivity contribution in [2.45, 2.75) is 96.1 Å². The van der Waals surface area contributed by atoms with Crippen molar-refractivity contribution in [2.24, 2.45) is 33.8 Å². The lowest BCUT2D eigenvalue weighted by Gasteiger charge is -2.26. The molecular formula is C24H47N9O7. The van der Waals surface area contributed by atoms with Crippen LogP contribution in [0.4, 0.5) is 0 Å². The fraction of sp³-hybridized carbons (Fsp3) is 0.750. The summed E-state index contributed by atoms with van der Waals surface area (Å²) < 4.78 is 0. The summed E-state index contributed by atoms with van der Waals surface area (Å²) in [5.74, 6) is -4.68. The van der Waals surface area contributed by atoms with Gasteiger partial charge < -0.3 is 54.4 Å². The van der Waals surface area contributed by atoms with E-state index in [2.05, 4.69) is 26.3 Å². The molecule has 6 atom stereocenters. The fourth-order valence-corrected chi connectivity index (χ4v) is 3.51. The van der Waals surface area contributed by atoms with Crippen molar-refractivity contribution in [3.63, 3.8) is 0 Å². The number of guanidine groups is 1. The maximum Gasteiger partial charge on any atom is 0.326 e. The van der Waals surface area contributed by atoms with Crippen molar-refractivity contribution in [1.29, 1.82) is 0 Å². The van der Waals surface area contributed by atoms with Crippen molar-refractivity contribution in [3.8, 4) is 0 Å². The van der Waals surface area contributed by atoms with Crippen LogP contribution in [-0.2, 0) is 24.0 Å². The Kier molecular flexibility index (Phi) is 17.1. The molecule has 0 aromatic rings. The third-order valence-electron chi connectivity index (χ3n) is 5.93. The molecule has 0 aliphatic heterocycles. The van der Waals surface area contributed by atoms with Crippen LogP contribution in [0.25, 0.3) is 0 Å². The van der Waals surface area contributed by atoms with Gasteiger partial charge in [0, 0.05) is 6.54 Å². The number of rotatable bonds is 19. The molecular weight excluding hydrogens is 526 g/mol. The highest BCUT2D eigenvalue weighted by Gasteiger charge is 2.32. The number of aliphatic imine (C=N–C) groups is 1. The van der Waals surface area contributed by atoms with Gasteiger partial charge in [-0.25, -0.2) is 4.79 Å². The molecule has 16 nitrogen and oxygen atoms in total. The number of nitrogens with two attached hydrogens (primary N) is 4. The minimum Gasteiger partial charge on any atom is -0.480 e. The minimum absolute atomic E-state index is 0.0930. The average Bonchev–Trinajstić information content (AvgIpc) is 2.86. The van der Waals surface area contributed by atoms with Crippen LogP contribution < -0.4 is 44.2 Å². The third-order valence-corrected chi connectivity index (χ3v) is 5.93. The summed E-state index contributed by atoms with van der Waals surface area (Å²) in [4.78, 5) is 66.2. The van der Waals surface area contributed by atoms with Gasteiger partial charge in [-0.05, 0) is 58.4 Å². The number of unbranched alkanes of at least 4 members (excludes halogenated alkanes) is 1. The second-order valence-electron chi connectivity index (χ2n) is 9.93. The van der Waals surface area contributed by atoms with Gasteiger partial charge in [0.05, 0.1) is 12.1 Å². The summed E-state index contributed by atoms with van der Waals surface area (Å²) >= 11 is 0. The number of carboxylic acid groups (broad SMARTS) is 1. The maximum atomic E-state index is 12.9. The molecule has 230 valence electrons. The highest BCUT2D eigenvalue weighted by atomic mass is 16.4. The van der Waals surface area contributed by atoms with E-state index in [1.54, 1.807) is 13.8 Å². The molecule has 0 rings (SSSR count). The molecule has 0 fully saturated rings. The van der Waals surface area contributed by atoms with Crippen molar-refractivity contribution >= 4 is 35.6 Å². The normalized spacial score (nSPS) is 15.5. The van der Waals surface area contributed by atoms with Crippen LogP contribution in [-0.4, -0.2) is 95.2 Å². The Balaban J connectivity index is 5.29. The quantitative estimate of drug-likeness (QED) is 0.0412. The molecule has 14 N–H and O–H groups in total. The molecule has 16 heteroatoms. The summed E-state index contributed by atoms with van der Waals surface area (Å²) in [6.45, 7) is 6.53. The molecule has 0 aromatic carbocycles.